The van der Waals surface area contributed by atoms with Crippen molar-refractivity contribution in [3.63, 3.8) is 0 Å². The Bertz CT molecular complexity index is 4110. The molecule has 0 fully saturated rings. The van der Waals surface area contributed by atoms with Crippen LogP contribution in [0.4, 0.5) is 146 Å². The SMILES string of the molecule is CCCCC(CC)CC[NH+](CC)c1c(F)c(C)c(F)c(F)c1F.Fc1c(F)c(F)c2c([B-](c3c(F)c(F)c(F)c4c(F)c(F)c(F)c(F)c34)(c3c(F)c(F)c(F)c4c(F)c(F)c(F)c(F)c34)c3c(F)c(F)c(F)c4c(F)c(F)c(F)c(F)c34)c(F)c(F)c(F)c2c1F. The lowest BCUT2D eigenvalue weighted by Gasteiger charge is -2.47. The fourth-order valence-corrected chi connectivity index (χ4v) is 11.6. The lowest BCUT2D eigenvalue weighted by atomic mass is 9.11. The Kier molecular flexibility index (Phi) is 19.0. The molecule has 0 spiro atoms. The normalized spacial score (nSPS) is 12.8. The van der Waals surface area contributed by atoms with Crippen molar-refractivity contribution in [1.29, 1.82) is 0 Å². The Labute approximate surface area is 491 Å². The number of nitrogens with one attached hydrogen (secondary N) is 1. The summed E-state index contributed by atoms with van der Waals surface area (Å²) in [6.45, 7) is 8.09. The van der Waals surface area contributed by atoms with Gasteiger partial charge in [-0.05, 0) is 47.7 Å². The zero-order chi connectivity index (χ0) is 69.2. The van der Waals surface area contributed by atoms with Gasteiger partial charge in [-0.1, -0.05) is 39.5 Å². The molecule has 34 heteroatoms. The molecule has 0 aliphatic rings. The van der Waals surface area contributed by atoms with Crippen molar-refractivity contribution < 1.29 is 145 Å². The summed E-state index contributed by atoms with van der Waals surface area (Å²) in [5.74, 6) is -109. The molecule has 9 aromatic carbocycles. The summed E-state index contributed by atoms with van der Waals surface area (Å²) in [5.41, 5.74) is -16.3. The van der Waals surface area contributed by atoms with Gasteiger partial charge in [0.05, 0.1) is 34.6 Å². The molecule has 0 saturated carbocycles. The molecule has 2 unspecified atom stereocenters. The molecule has 9 rings (SSSR count). The molecule has 0 aromatic heterocycles. The number of halogens is 32. The molecule has 9 aromatic rings. The lowest BCUT2D eigenvalue weighted by molar-refractivity contribution is -0.833. The van der Waals surface area contributed by atoms with E-state index in [0.29, 0.717) is 23.9 Å². The molecule has 0 aliphatic carbocycles. The summed E-state index contributed by atoms with van der Waals surface area (Å²) in [4.78, 5) is 0.525. The van der Waals surface area contributed by atoms with Gasteiger partial charge in [-0.15, -0.1) is 21.9 Å². The third-order valence-electron chi connectivity index (χ3n) is 15.9. The third-order valence-corrected chi connectivity index (χ3v) is 15.9. The third kappa shape index (κ3) is 9.86. The first kappa shape index (κ1) is 69.7. The van der Waals surface area contributed by atoms with E-state index in [1.165, 1.54) is 0 Å². The summed E-state index contributed by atoms with van der Waals surface area (Å²) in [6.07, 6.45) is -2.88. The molecule has 1 nitrogen and oxygen atoms in total. The maximum absolute atomic E-state index is 17.3. The highest BCUT2D eigenvalue weighted by atomic mass is 19.2. The van der Waals surface area contributed by atoms with Crippen molar-refractivity contribution >= 4 is 76.8 Å². The summed E-state index contributed by atoms with van der Waals surface area (Å²) in [5, 5.41) is -27.0. The van der Waals surface area contributed by atoms with Crippen LogP contribution < -0.4 is 26.8 Å². The molecule has 0 radical (unpaired) electrons. The van der Waals surface area contributed by atoms with Crippen LogP contribution in [0.1, 0.15) is 58.4 Å². The lowest BCUT2D eigenvalue weighted by Crippen LogP contribution is -3.07. The average molecular weight is 1360 g/mol. The molecule has 0 bridgehead atoms. The van der Waals surface area contributed by atoms with E-state index in [1.807, 2.05) is 0 Å². The molecular weight excluding hydrogens is 1330 g/mol. The summed E-state index contributed by atoms with van der Waals surface area (Å²) in [7, 11) is 0. The van der Waals surface area contributed by atoms with Crippen molar-refractivity contribution in [1.82, 2.24) is 0 Å². The zero-order valence-corrected chi connectivity index (χ0v) is 45.7. The van der Waals surface area contributed by atoms with Crippen molar-refractivity contribution in [2.45, 2.75) is 59.8 Å². The van der Waals surface area contributed by atoms with Crippen LogP contribution in [0, 0.1) is 199 Å². The van der Waals surface area contributed by atoms with Gasteiger partial charge in [-0.25, -0.2) is 132 Å². The first-order valence-corrected chi connectivity index (χ1v) is 26.0. The number of hydrogen-bond donors (Lipinski definition) is 1. The summed E-state index contributed by atoms with van der Waals surface area (Å²) in [6, 6.07) is 0. The molecule has 92 heavy (non-hydrogen) atoms. The second-order valence-corrected chi connectivity index (χ2v) is 20.5. The van der Waals surface area contributed by atoms with Gasteiger partial charge in [0.25, 0.3) is 0 Å². The minimum atomic E-state index is -8.05. The summed E-state index contributed by atoms with van der Waals surface area (Å²) < 4.78 is 502. The highest BCUT2D eigenvalue weighted by Gasteiger charge is 2.52. The van der Waals surface area contributed by atoms with Gasteiger partial charge in [0.1, 0.15) is 29.4 Å². The highest BCUT2D eigenvalue weighted by molar-refractivity contribution is 7.23. The number of hydrogen-bond acceptors (Lipinski definition) is 0. The van der Waals surface area contributed by atoms with Crippen LogP contribution in [0.5, 0.6) is 0 Å². The maximum atomic E-state index is 17.3. The van der Waals surface area contributed by atoms with E-state index in [1.54, 1.807) is 6.92 Å². The number of unbranched alkanes of at least 4 members (excludes halogenated alkanes) is 1. The molecule has 0 saturated heterocycles. The van der Waals surface area contributed by atoms with E-state index in [4.69, 9.17) is 0 Å². The molecule has 0 heterocycles. The Morgan fingerprint density at radius 2 is 0.489 bits per heavy atom. The van der Waals surface area contributed by atoms with Gasteiger partial charge in [0.2, 0.25) is 17.3 Å². The van der Waals surface area contributed by atoms with Crippen LogP contribution in [0.25, 0.3) is 43.1 Å². The second kappa shape index (κ2) is 25.0. The first-order chi connectivity index (χ1) is 42.9. The van der Waals surface area contributed by atoms with Crippen LogP contribution in [-0.2, 0) is 0 Å². The molecule has 2 atom stereocenters. The quantitative estimate of drug-likeness (QED) is 0.0508. The number of rotatable bonds is 13. The van der Waals surface area contributed by atoms with Crippen LogP contribution in [0.2, 0.25) is 0 Å². The average Bonchev–Trinajstić information content (AvgIpc) is 0.663. The molecule has 492 valence electrons. The van der Waals surface area contributed by atoms with E-state index in [-0.39, 0.29) is 5.69 Å². The number of benzene rings is 9. The molecular formula is C58H28BF32N. The summed E-state index contributed by atoms with van der Waals surface area (Å²) >= 11 is 0. The van der Waals surface area contributed by atoms with Crippen molar-refractivity contribution in [3.05, 3.63) is 192 Å². The maximum Gasteiger partial charge on any atom is 0.225 e. The van der Waals surface area contributed by atoms with Gasteiger partial charge in [0.15, 0.2) is 151 Å². The van der Waals surface area contributed by atoms with Gasteiger partial charge in [-0.2, -0.15) is 8.78 Å². The van der Waals surface area contributed by atoms with E-state index in [0.717, 1.165) is 39.0 Å². The van der Waals surface area contributed by atoms with Crippen LogP contribution in [-0.4, -0.2) is 19.2 Å². The van der Waals surface area contributed by atoms with Crippen LogP contribution >= 0.6 is 0 Å². The number of quaternary nitrogens is 1. The second-order valence-electron chi connectivity index (χ2n) is 20.5. The molecule has 0 aliphatic heterocycles. The molecule has 1 N–H and O–H groups in total. The Hall–Kier alpha value is -8.20. The van der Waals surface area contributed by atoms with Crippen LogP contribution in [0.3, 0.4) is 0 Å². The Balaban J connectivity index is 0.000000400. The smallest absolute Gasteiger partial charge is 0.225 e. The minimum Gasteiger partial charge on any atom is -0.298 e. The predicted molar refractivity (Wildman–Crippen MR) is 264 cm³/mol. The highest BCUT2D eigenvalue weighted by Crippen LogP contribution is 2.42. The Morgan fingerprint density at radius 1 is 0.261 bits per heavy atom. The van der Waals surface area contributed by atoms with Gasteiger partial charge >= 0.3 is 0 Å². The fraction of sp³-hybridized carbons (Fsp3) is 0.207. The standard InChI is InChI=1S/C40BF28.C18H27F4N/c42-13-1-5(21(50)37(66)33(13)62)17(46)29(58)25(54)9(1)41(10-2-6(18(47)30(59)26(10)55)22(51)38(67)34(63)14(2)43,11-3-7(19(48)31(60)27(11)56)23(52)39(68)35(64)15(3)44)12-4-8(20(49)32(61)28(12)57)24(53)40(69)36(65)16(4)45;1-5-8-9-13(6-2)10-11-23(7-3)18-15(20)12(4)14(19)16(21)17(18)22/h;13H,5-11H2,1-4H3/q-1;/p+1. The fourth-order valence-electron chi connectivity index (χ4n) is 11.6. The van der Waals surface area contributed by atoms with Gasteiger partial charge in [-0.3, -0.25) is 4.90 Å². The predicted octanol–water partition coefficient (Wildman–Crippen LogP) is 16.3. The van der Waals surface area contributed by atoms with Crippen molar-refractivity contribution in [2.75, 3.05) is 13.1 Å². The Morgan fingerprint density at radius 3 is 0.717 bits per heavy atom. The van der Waals surface area contributed by atoms with E-state index < -0.39 is 263 Å². The van der Waals surface area contributed by atoms with Crippen molar-refractivity contribution in [2.24, 2.45) is 5.92 Å². The van der Waals surface area contributed by atoms with Crippen molar-refractivity contribution in [3.8, 4) is 0 Å². The topological polar surface area (TPSA) is 4.44 Å². The monoisotopic (exact) mass is 1360 g/mol. The first-order valence-electron chi connectivity index (χ1n) is 26.0. The van der Waals surface area contributed by atoms with E-state index in [9.17, 15) is 35.1 Å². The largest absolute Gasteiger partial charge is 0.298 e. The van der Waals surface area contributed by atoms with Gasteiger partial charge in [0, 0.05) is 5.56 Å². The van der Waals surface area contributed by atoms with E-state index in [2.05, 4.69) is 13.8 Å². The molecule has 0 amide bonds. The minimum absolute atomic E-state index is 0.366. The van der Waals surface area contributed by atoms with Crippen LogP contribution in [0.15, 0.2) is 0 Å². The van der Waals surface area contributed by atoms with E-state index >= 15 is 105 Å². The van der Waals surface area contributed by atoms with Gasteiger partial charge < -0.3 is 0 Å². The zero-order valence-electron chi connectivity index (χ0n) is 45.7. The number of fused-ring (bicyclic) bond motifs is 4.